The van der Waals surface area contributed by atoms with Gasteiger partial charge in [0.2, 0.25) is 5.95 Å². The minimum absolute atomic E-state index is 0.222. The number of rotatable bonds is 8. The van der Waals surface area contributed by atoms with Crippen molar-refractivity contribution in [3.63, 3.8) is 0 Å². The van der Waals surface area contributed by atoms with Crippen molar-refractivity contribution in [3.05, 3.63) is 65.0 Å². The summed E-state index contributed by atoms with van der Waals surface area (Å²) in [6.45, 7) is 2.07. The Morgan fingerprint density at radius 1 is 1.07 bits per heavy atom. The van der Waals surface area contributed by atoms with Gasteiger partial charge >= 0.3 is 0 Å². The zero-order valence-electron chi connectivity index (χ0n) is 16.5. The number of hydrogen-bond acceptors (Lipinski definition) is 7. The number of benzene rings is 2. The predicted octanol–water partition coefficient (Wildman–Crippen LogP) is 3.06. The molecule has 2 aromatic carbocycles. The van der Waals surface area contributed by atoms with E-state index < -0.39 is 0 Å². The van der Waals surface area contributed by atoms with E-state index in [1.165, 1.54) is 4.68 Å². The number of aldehydes is 1. The van der Waals surface area contributed by atoms with E-state index in [0.717, 1.165) is 23.1 Å². The lowest BCUT2D eigenvalue weighted by atomic mass is 10.1. The number of aromatic nitrogens is 2. The number of anilines is 1. The molecule has 0 saturated carbocycles. The van der Waals surface area contributed by atoms with Crippen LogP contribution in [0.15, 0.2) is 47.7 Å². The zero-order chi connectivity index (χ0) is 20.8. The Kier molecular flexibility index (Phi) is 6.13. The summed E-state index contributed by atoms with van der Waals surface area (Å²) >= 11 is 0. The lowest BCUT2D eigenvalue weighted by Crippen LogP contribution is -2.02. The first-order valence-electron chi connectivity index (χ1n) is 8.82. The van der Waals surface area contributed by atoms with Gasteiger partial charge in [0.1, 0.15) is 18.6 Å². The summed E-state index contributed by atoms with van der Waals surface area (Å²) in [6.07, 6.45) is 4.17. The molecule has 3 aromatic rings. The highest BCUT2D eigenvalue weighted by molar-refractivity contribution is 5.81. The second kappa shape index (κ2) is 8.92. The Labute approximate surface area is 168 Å². The first-order chi connectivity index (χ1) is 14.0. The minimum Gasteiger partial charge on any atom is -0.496 e. The second-order valence-electron chi connectivity index (χ2n) is 6.22. The molecule has 1 aromatic heterocycles. The van der Waals surface area contributed by atoms with Crippen molar-refractivity contribution < 1.29 is 19.0 Å². The van der Waals surface area contributed by atoms with Crippen molar-refractivity contribution in [2.24, 2.45) is 5.10 Å². The van der Waals surface area contributed by atoms with Gasteiger partial charge in [-0.1, -0.05) is 0 Å². The van der Waals surface area contributed by atoms with Crippen LogP contribution in [-0.4, -0.2) is 36.4 Å². The van der Waals surface area contributed by atoms with E-state index in [0.29, 0.717) is 28.8 Å². The smallest absolute Gasteiger partial charge is 0.221 e. The molecule has 0 spiro atoms. The normalized spacial score (nSPS) is 10.9. The molecule has 0 amide bonds. The fourth-order valence-corrected chi connectivity index (χ4v) is 2.75. The van der Waals surface area contributed by atoms with E-state index in [-0.39, 0.29) is 6.61 Å². The molecule has 0 fully saturated rings. The molecule has 0 saturated heterocycles. The van der Waals surface area contributed by atoms with Gasteiger partial charge in [-0.15, -0.1) is 0 Å². The molecule has 0 atom stereocenters. The van der Waals surface area contributed by atoms with Crippen molar-refractivity contribution in [3.8, 4) is 17.2 Å². The molecule has 8 nitrogen and oxygen atoms in total. The molecule has 1 heterocycles. The lowest BCUT2D eigenvalue weighted by molar-refractivity contribution is 0.112. The molecule has 0 bridgehead atoms. The summed E-state index contributed by atoms with van der Waals surface area (Å²) in [5.74, 6) is 2.07. The van der Waals surface area contributed by atoms with Crippen LogP contribution in [-0.2, 0) is 6.61 Å². The van der Waals surface area contributed by atoms with Crippen LogP contribution in [0.25, 0.3) is 0 Å². The van der Waals surface area contributed by atoms with Crippen molar-refractivity contribution in [2.45, 2.75) is 13.5 Å². The molecule has 2 N–H and O–H groups in total. The number of nitrogens with zero attached hydrogens (tertiary/aromatic N) is 3. The quantitative estimate of drug-likeness (QED) is 0.465. The number of imidazole rings is 1. The Hall–Kier alpha value is -3.81. The topological polar surface area (TPSA) is 101 Å². The third-order valence-corrected chi connectivity index (χ3v) is 4.18. The van der Waals surface area contributed by atoms with Gasteiger partial charge in [0, 0.05) is 11.1 Å². The minimum atomic E-state index is 0.222. The molecule has 0 radical (unpaired) electrons. The summed E-state index contributed by atoms with van der Waals surface area (Å²) in [4.78, 5) is 15.1. The molecular weight excluding hydrogens is 372 g/mol. The van der Waals surface area contributed by atoms with Crippen LogP contribution >= 0.6 is 0 Å². The van der Waals surface area contributed by atoms with Crippen LogP contribution < -0.4 is 19.9 Å². The first kappa shape index (κ1) is 19.9. The van der Waals surface area contributed by atoms with Gasteiger partial charge in [-0.25, -0.2) is 9.66 Å². The number of hydrogen-bond donors (Lipinski definition) is 1. The fourth-order valence-electron chi connectivity index (χ4n) is 2.75. The monoisotopic (exact) mass is 394 g/mol. The first-order valence-corrected chi connectivity index (χ1v) is 8.82. The Balaban J connectivity index is 1.77. The van der Waals surface area contributed by atoms with E-state index in [2.05, 4.69) is 10.1 Å². The van der Waals surface area contributed by atoms with Gasteiger partial charge in [0.05, 0.1) is 32.3 Å². The molecule has 0 unspecified atom stereocenters. The largest absolute Gasteiger partial charge is 0.496 e. The number of nitrogen functional groups attached to an aromatic ring is 1. The van der Waals surface area contributed by atoms with Crippen molar-refractivity contribution in [1.29, 1.82) is 0 Å². The van der Waals surface area contributed by atoms with Crippen LogP contribution in [0.4, 0.5) is 5.95 Å². The maximum absolute atomic E-state index is 11.0. The molecular formula is C21H22N4O4. The van der Waals surface area contributed by atoms with E-state index in [1.54, 1.807) is 57.0 Å². The van der Waals surface area contributed by atoms with Crippen LogP contribution in [0, 0.1) is 6.92 Å². The molecule has 3 rings (SSSR count). The number of carbonyl (C=O) groups is 1. The highest BCUT2D eigenvalue weighted by atomic mass is 16.5. The SMILES string of the molecule is COc1ccc(C=O)cc1COc1ccc(C=Nn2cc(C)nc2N)cc1OC. The van der Waals surface area contributed by atoms with E-state index in [9.17, 15) is 4.79 Å². The summed E-state index contributed by atoms with van der Waals surface area (Å²) < 4.78 is 18.2. The highest BCUT2D eigenvalue weighted by Gasteiger charge is 2.09. The van der Waals surface area contributed by atoms with Crippen LogP contribution in [0.3, 0.4) is 0 Å². The maximum atomic E-state index is 11.0. The van der Waals surface area contributed by atoms with Gasteiger partial charge in [0.25, 0.3) is 0 Å². The van der Waals surface area contributed by atoms with Gasteiger partial charge in [-0.3, -0.25) is 4.79 Å². The number of nitrogens with two attached hydrogens (primary N) is 1. The second-order valence-corrected chi connectivity index (χ2v) is 6.22. The Bertz CT molecular complexity index is 1040. The fraction of sp³-hybridized carbons (Fsp3) is 0.190. The summed E-state index contributed by atoms with van der Waals surface area (Å²) in [5.41, 5.74) is 8.69. The van der Waals surface area contributed by atoms with Crippen molar-refractivity contribution in [2.75, 3.05) is 20.0 Å². The number of ether oxygens (including phenoxy) is 3. The van der Waals surface area contributed by atoms with Gasteiger partial charge in [-0.05, 0) is 48.9 Å². The number of aryl methyl sites for hydroxylation is 1. The number of carbonyl (C=O) groups excluding carboxylic acids is 1. The molecule has 0 aliphatic carbocycles. The summed E-state index contributed by atoms with van der Waals surface area (Å²) in [7, 11) is 3.14. The summed E-state index contributed by atoms with van der Waals surface area (Å²) in [5, 5.41) is 4.30. The Morgan fingerprint density at radius 3 is 2.45 bits per heavy atom. The average molecular weight is 394 g/mol. The third kappa shape index (κ3) is 4.73. The van der Waals surface area contributed by atoms with Crippen molar-refractivity contribution in [1.82, 2.24) is 9.66 Å². The average Bonchev–Trinajstić information content (AvgIpc) is 3.07. The predicted molar refractivity (Wildman–Crippen MR) is 110 cm³/mol. The molecule has 150 valence electrons. The van der Waals surface area contributed by atoms with Crippen LogP contribution in [0.1, 0.15) is 27.2 Å². The van der Waals surface area contributed by atoms with E-state index >= 15 is 0 Å². The highest BCUT2D eigenvalue weighted by Crippen LogP contribution is 2.30. The molecule has 29 heavy (non-hydrogen) atoms. The molecule has 0 aliphatic rings. The van der Waals surface area contributed by atoms with Crippen LogP contribution in [0.5, 0.6) is 17.2 Å². The van der Waals surface area contributed by atoms with E-state index in [1.807, 2.05) is 13.0 Å². The number of methoxy groups -OCH3 is 2. The third-order valence-electron chi connectivity index (χ3n) is 4.18. The molecule has 0 aliphatic heterocycles. The standard InChI is InChI=1S/C21H22N4O4/c1-14-11-25(21(22)24-14)23-10-15-4-7-19(20(9-15)28-3)29-13-17-8-16(12-26)5-6-18(17)27-2/h4-12H,13H2,1-3H3,(H2,22,24). The van der Waals surface area contributed by atoms with Crippen molar-refractivity contribution >= 4 is 18.4 Å². The summed E-state index contributed by atoms with van der Waals surface area (Å²) in [6, 6.07) is 10.6. The van der Waals surface area contributed by atoms with Gasteiger partial charge in [-0.2, -0.15) is 5.10 Å². The van der Waals surface area contributed by atoms with Gasteiger partial charge < -0.3 is 19.9 Å². The maximum Gasteiger partial charge on any atom is 0.221 e. The Morgan fingerprint density at radius 2 is 1.79 bits per heavy atom. The zero-order valence-corrected chi connectivity index (χ0v) is 16.5. The molecule has 8 heteroatoms. The van der Waals surface area contributed by atoms with Gasteiger partial charge in [0.15, 0.2) is 11.5 Å². The lowest BCUT2D eigenvalue weighted by Gasteiger charge is -2.13. The van der Waals surface area contributed by atoms with Crippen LogP contribution in [0.2, 0.25) is 0 Å². The van der Waals surface area contributed by atoms with E-state index in [4.69, 9.17) is 19.9 Å².